The minimum Gasteiger partial charge on any atom is -0.504 e. The number of phenols is 2. The van der Waals surface area contributed by atoms with Crippen LogP contribution in [0.1, 0.15) is 94.9 Å². The molecule has 8 heteroatoms. The van der Waals surface area contributed by atoms with Gasteiger partial charge in [0.1, 0.15) is 0 Å². The van der Waals surface area contributed by atoms with Gasteiger partial charge in [-0.05, 0) is 94.9 Å². The molecule has 0 aromatic heterocycles. The Morgan fingerprint density at radius 1 is 0.549 bits per heavy atom. The number of hydrogen-bond acceptors (Lipinski definition) is 7. The Kier molecular flexibility index (Phi) is 13.7. The molecule has 0 amide bonds. The summed E-state index contributed by atoms with van der Waals surface area (Å²) in [6.45, 7) is 16.0. The molecule has 5 aromatic carbocycles. The molecule has 0 aliphatic heterocycles. The number of benzene rings is 5. The third kappa shape index (κ3) is 11.9. The molecule has 0 aliphatic rings. The Balaban J connectivity index is 0.000000260. The van der Waals surface area contributed by atoms with E-state index in [9.17, 15) is 24.6 Å². The van der Waals surface area contributed by atoms with Crippen LogP contribution in [-0.4, -0.2) is 27.4 Å². The Bertz CT molecular complexity index is 1920. The summed E-state index contributed by atoms with van der Waals surface area (Å²) in [5.41, 5.74) is 4.66. The molecule has 0 atom stereocenters. The van der Waals surface area contributed by atoms with Crippen LogP contribution >= 0.6 is 11.6 Å². The van der Waals surface area contributed by atoms with Crippen molar-refractivity contribution in [2.75, 3.05) is 0 Å². The van der Waals surface area contributed by atoms with Gasteiger partial charge in [-0.25, -0.2) is 9.59 Å². The van der Waals surface area contributed by atoms with Crippen LogP contribution in [0.4, 0.5) is 0 Å². The predicted molar refractivity (Wildman–Crippen MR) is 203 cm³/mol. The largest absolute Gasteiger partial charge is 0.504 e. The lowest BCUT2D eigenvalue weighted by Crippen LogP contribution is -2.16. The molecule has 0 saturated carbocycles. The fraction of sp³-hybridized carbons (Fsp3) is 0.233. The third-order valence-corrected chi connectivity index (χ3v) is 7.89. The first-order chi connectivity index (χ1) is 23.9. The second-order valence-electron chi connectivity index (χ2n) is 13.9. The van der Waals surface area contributed by atoms with E-state index in [0.29, 0.717) is 22.3 Å². The maximum absolute atomic E-state index is 12.6. The first-order valence-corrected chi connectivity index (χ1v) is 16.7. The van der Waals surface area contributed by atoms with Crippen LogP contribution in [0.25, 0.3) is 0 Å². The van der Waals surface area contributed by atoms with Gasteiger partial charge >= 0.3 is 11.9 Å². The van der Waals surface area contributed by atoms with Crippen LogP contribution in [0.15, 0.2) is 115 Å². The number of aryl methyl sites for hydroxylation is 2. The molecule has 0 spiro atoms. The van der Waals surface area contributed by atoms with Crippen molar-refractivity contribution >= 4 is 28.8 Å². The SMILES string of the molecule is Cc1cc(C(C)(C)C)cc(O)c1O.Cc1cc(C(C)(C)C)cc(OC(=O)c2ccccc2)c1OC(=O)c1ccccc1.O=C(Cl)c1ccccc1. The third-order valence-electron chi connectivity index (χ3n) is 7.67. The highest BCUT2D eigenvalue weighted by molar-refractivity contribution is 6.67. The monoisotopic (exact) mass is 708 g/mol. The van der Waals surface area contributed by atoms with Gasteiger partial charge in [0.25, 0.3) is 5.24 Å². The fourth-order valence-electron chi connectivity index (χ4n) is 4.60. The quantitative estimate of drug-likeness (QED) is 0.0809. The Morgan fingerprint density at radius 2 is 0.941 bits per heavy atom. The van der Waals surface area contributed by atoms with E-state index >= 15 is 0 Å². The van der Waals surface area contributed by atoms with Crippen molar-refractivity contribution in [1.29, 1.82) is 0 Å². The number of carbonyl (C=O) groups is 3. The molecule has 0 fully saturated rings. The molecular formula is C43H45ClO7. The molecule has 0 saturated heterocycles. The van der Waals surface area contributed by atoms with E-state index in [2.05, 4.69) is 41.5 Å². The van der Waals surface area contributed by atoms with E-state index < -0.39 is 17.2 Å². The zero-order chi connectivity index (χ0) is 37.9. The number of hydrogen-bond donors (Lipinski definition) is 2. The summed E-state index contributed by atoms with van der Waals surface area (Å²) < 4.78 is 11.3. The number of rotatable bonds is 5. The molecule has 0 heterocycles. The van der Waals surface area contributed by atoms with Crippen molar-refractivity contribution < 1.29 is 34.1 Å². The predicted octanol–water partition coefficient (Wildman–Crippen LogP) is 10.5. The van der Waals surface area contributed by atoms with Gasteiger partial charge in [-0.2, -0.15) is 0 Å². The minimum absolute atomic E-state index is 0.00403. The maximum Gasteiger partial charge on any atom is 0.343 e. The number of ether oxygens (including phenoxy) is 2. The maximum atomic E-state index is 12.6. The van der Waals surface area contributed by atoms with E-state index in [1.807, 2.05) is 37.3 Å². The lowest BCUT2D eigenvalue weighted by molar-refractivity contribution is 0.0681. The van der Waals surface area contributed by atoms with E-state index in [-0.39, 0.29) is 33.8 Å². The van der Waals surface area contributed by atoms with Crippen LogP contribution in [0.2, 0.25) is 0 Å². The highest BCUT2D eigenvalue weighted by Crippen LogP contribution is 2.38. The van der Waals surface area contributed by atoms with Crippen molar-refractivity contribution in [3.8, 4) is 23.0 Å². The molecule has 0 aliphatic carbocycles. The van der Waals surface area contributed by atoms with Crippen LogP contribution in [0.3, 0.4) is 0 Å². The molecule has 0 bridgehead atoms. The van der Waals surface area contributed by atoms with Gasteiger partial charge in [-0.3, -0.25) is 4.79 Å². The van der Waals surface area contributed by atoms with Crippen molar-refractivity contribution in [1.82, 2.24) is 0 Å². The number of aromatic hydroxyl groups is 2. The fourth-order valence-corrected chi connectivity index (χ4v) is 4.73. The topological polar surface area (TPSA) is 110 Å². The van der Waals surface area contributed by atoms with E-state index in [4.69, 9.17) is 21.1 Å². The molecule has 2 N–H and O–H groups in total. The first-order valence-electron chi connectivity index (χ1n) is 16.4. The van der Waals surface area contributed by atoms with Crippen molar-refractivity contribution in [2.45, 2.75) is 66.2 Å². The number of halogens is 1. The average Bonchev–Trinajstić information content (AvgIpc) is 3.09. The van der Waals surface area contributed by atoms with Crippen LogP contribution < -0.4 is 9.47 Å². The summed E-state index contributed by atoms with van der Waals surface area (Å²) in [5.74, 6) is -0.593. The van der Waals surface area contributed by atoms with Crippen molar-refractivity contribution in [3.63, 3.8) is 0 Å². The van der Waals surface area contributed by atoms with Gasteiger partial charge in [0, 0.05) is 5.56 Å². The zero-order valence-corrected chi connectivity index (χ0v) is 31.0. The smallest absolute Gasteiger partial charge is 0.343 e. The standard InChI is InChI=1S/C25H24O4.C11H16O2.C7H5ClO/c1-17-15-20(25(2,3)4)16-21(28-23(26)18-11-7-5-8-12-18)22(17)29-24(27)19-13-9-6-10-14-19;1-7-5-8(11(2,3)4)6-9(12)10(7)13;8-7(9)6-4-2-1-3-5-6/h5-16H,1-4H3;5-6,12-13H,1-4H3;1-5H. The van der Waals surface area contributed by atoms with Crippen molar-refractivity contribution in [3.05, 3.63) is 154 Å². The molecule has 0 radical (unpaired) electrons. The minimum atomic E-state index is -0.506. The molecule has 5 rings (SSSR count). The van der Waals surface area contributed by atoms with Gasteiger partial charge in [-0.1, -0.05) is 120 Å². The molecule has 51 heavy (non-hydrogen) atoms. The summed E-state index contributed by atoms with van der Waals surface area (Å²) >= 11 is 5.16. The second kappa shape index (κ2) is 17.5. The normalized spacial score (nSPS) is 10.8. The molecule has 5 aromatic rings. The molecular weight excluding hydrogens is 664 g/mol. The number of phenolic OH excluding ortho intramolecular Hbond substituents is 2. The van der Waals surface area contributed by atoms with E-state index in [1.54, 1.807) is 91.9 Å². The Labute approximate surface area is 305 Å². The molecule has 7 nitrogen and oxygen atoms in total. The Morgan fingerprint density at radius 3 is 1.33 bits per heavy atom. The van der Waals surface area contributed by atoms with Gasteiger partial charge in [-0.15, -0.1) is 0 Å². The average molecular weight is 709 g/mol. The summed E-state index contributed by atoms with van der Waals surface area (Å²) in [6, 6.07) is 33.4. The molecule has 266 valence electrons. The van der Waals surface area contributed by atoms with Gasteiger partial charge < -0.3 is 19.7 Å². The highest BCUT2D eigenvalue weighted by atomic mass is 35.5. The van der Waals surface area contributed by atoms with Gasteiger partial charge in [0.15, 0.2) is 23.0 Å². The number of esters is 2. The molecule has 0 unspecified atom stereocenters. The van der Waals surface area contributed by atoms with Crippen LogP contribution in [0.5, 0.6) is 23.0 Å². The highest BCUT2D eigenvalue weighted by Gasteiger charge is 2.23. The number of carbonyl (C=O) groups excluding carboxylic acids is 3. The Hall–Kier alpha value is -5.40. The zero-order valence-electron chi connectivity index (χ0n) is 30.3. The van der Waals surface area contributed by atoms with E-state index in [1.165, 1.54) is 0 Å². The van der Waals surface area contributed by atoms with Gasteiger partial charge in [0.2, 0.25) is 0 Å². The lowest BCUT2D eigenvalue weighted by Gasteiger charge is -2.22. The summed E-state index contributed by atoms with van der Waals surface area (Å²) in [5, 5.41) is 18.3. The lowest BCUT2D eigenvalue weighted by atomic mass is 9.86. The van der Waals surface area contributed by atoms with E-state index in [0.717, 1.165) is 16.7 Å². The second-order valence-corrected chi connectivity index (χ2v) is 14.3. The summed E-state index contributed by atoms with van der Waals surface area (Å²) in [6.07, 6.45) is 0. The summed E-state index contributed by atoms with van der Waals surface area (Å²) in [7, 11) is 0. The first kappa shape index (κ1) is 40.0. The van der Waals surface area contributed by atoms with Gasteiger partial charge in [0.05, 0.1) is 11.1 Å². The van der Waals surface area contributed by atoms with Crippen LogP contribution in [0, 0.1) is 13.8 Å². The summed E-state index contributed by atoms with van der Waals surface area (Å²) in [4.78, 5) is 35.6. The van der Waals surface area contributed by atoms with Crippen LogP contribution in [-0.2, 0) is 10.8 Å². The van der Waals surface area contributed by atoms with Crippen molar-refractivity contribution in [2.24, 2.45) is 0 Å².